The molecule has 0 saturated heterocycles. The van der Waals surface area contributed by atoms with Crippen molar-refractivity contribution in [2.24, 2.45) is 0 Å². The molecule has 2 rings (SSSR count). The van der Waals surface area contributed by atoms with Gasteiger partial charge in [-0.2, -0.15) is 0 Å². The molecule has 3 nitrogen and oxygen atoms in total. The zero-order valence-corrected chi connectivity index (χ0v) is 14.7. The summed E-state index contributed by atoms with van der Waals surface area (Å²) in [6.07, 6.45) is 0. The van der Waals surface area contributed by atoms with Gasteiger partial charge in [-0.15, -0.1) is 0 Å². The Morgan fingerprint density at radius 3 is 2.63 bits per heavy atom. The molecular weight excluding hydrogens is 442 g/mol. The summed E-state index contributed by atoms with van der Waals surface area (Å²) in [6, 6.07) is 9.40. The maximum atomic E-state index is 12.0. The minimum atomic E-state index is -0.765. The summed E-state index contributed by atoms with van der Waals surface area (Å²) in [5.41, 5.74) is 1.77. The third-order valence-electron chi connectivity index (χ3n) is 2.49. The fourth-order valence-electron chi connectivity index (χ4n) is 1.70. The molecule has 19 heavy (non-hydrogen) atoms. The number of benzene rings is 1. The van der Waals surface area contributed by atoms with Gasteiger partial charge in [0.15, 0.2) is 2.14 Å². The predicted octanol–water partition coefficient (Wildman–Crippen LogP) is 4.71. The molecule has 0 amide bonds. The monoisotopic (exact) mass is 449 g/mol. The molecule has 0 fully saturated rings. The van der Waals surface area contributed by atoms with Crippen LogP contribution in [0.4, 0.5) is 0 Å². The van der Waals surface area contributed by atoms with Crippen LogP contribution in [0, 0.1) is 0 Å². The van der Waals surface area contributed by atoms with Crippen molar-refractivity contribution >= 4 is 64.7 Å². The first-order chi connectivity index (χ1) is 8.93. The molecule has 0 spiro atoms. The fraction of sp³-hybridized carbons (Fsp3) is 0.231. The van der Waals surface area contributed by atoms with Gasteiger partial charge < -0.3 is 4.74 Å². The number of pyridine rings is 1. The lowest BCUT2D eigenvalue weighted by Gasteiger charge is -2.16. The van der Waals surface area contributed by atoms with Gasteiger partial charge in [-0.1, -0.05) is 66.0 Å². The van der Waals surface area contributed by atoms with Crippen LogP contribution in [0.1, 0.15) is 23.0 Å². The van der Waals surface area contributed by atoms with Gasteiger partial charge in [0.25, 0.3) is 0 Å². The number of carbonyl (C=O) groups is 1. The van der Waals surface area contributed by atoms with Crippen LogP contribution in [-0.2, 0) is 6.88 Å². The van der Waals surface area contributed by atoms with Crippen LogP contribution in [0.3, 0.4) is 0 Å². The van der Waals surface area contributed by atoms with E-state index in [1.165, 1.54) is 0 Å². The summed E-state index contributed by atoms with van der Waals surface area (Å²) in [5.74, 6) is -0.390. The number of aromatic nitrogens is 1. The van der Waals surface area contributed by atoms with Gasteiger partial charge in [-0.3, -0.25) is 0 Å². The molecule has 0 unspecified atom stereocenters. The van der Waals surface area contributed by atoms with Crippen molar-refractivity contribution in [1.82, 2.24) is 4.98 Å². The highest BCUT2D eigenvalue weighted by molar-refractivity contribution is 9.38. The average Bonchev–Trinajstić information content (AvgIpc) is 2.36. The van der Waals surface area contributed by atoms with Gasteiger partial charge in [0.2, 0.25) is 0 Å². The van der Waals surface area contributed by atoms with Crippen molar-refractivity contribution in [3.05, 3.63) is 41.6 Å². The first-order valence-electron chi connectivity index (χ1n) is 5.57. The van der Waals surface area contributed by atoms with Gasteiger partial charge in [0, 0.05) is 5.39 Å². The SMILES string of the molecule is CCOC(=O)c1cc2ccccc2nc1C(Br)(Br)Br. The summed E-state index contributed by atoms with van der Waals surface area (Å²) >= 11 is 10.2. The first kappa shape index (κ1) is 14.9. The number of hydrogen-bond acceptors (Lipinski definition) is 3. The molecule has 0 N–H and O–H groups in total. The van der Waals surface area contributed by atoms with E-state index in [0.29, 0.717) is 17.9 Å². The minimum absolute atomic E-state index is 0.324. The molecule has 0 bridgehead atoms. The normalized spacial score (nSPS) is 11.6. The largest absolute Gasteiger partial charge is 0.462 e. The van der Waals surface area contributed by atoms with Gasteiger partial charge in [0.05, 0.1) is 23.4 Å². The van der Waals surface area contributed by atoms with Crippen molar-refractivity contribution in [3.8, 4) is 0 Å². The predicted molar refractivity (Wildman–Crippen MR) is 86.2 cm³/mol. The first-order valence-corrected chi connectivity index (χ1v) is 7.95. The van der Waals surface area contributed by atoms with Gasteiger partial charge in [-0.25, -0.2) is 9.78 Å². The second-order valence-electron chi connectivity index (χ2n) is 3.80. The lowest BCUT2D eigenvalue weighted by atomic mass is 10.1. The molecule has 0 saturated carbocycles. The minimum Gasteiger partial charge on any atom is -0.462 e. The Labute approximate surface area is 136 Å². The van der Waals surface area contributed by atoms with Crippen LogP contribution < -0.4 is 0 Å². The van der Waals surface area contributed by atoms with Crippen molar-refractivity contribution in [2.75, 3.05) is 6.61 Å². The molecule has 0 radical (unpaired) electrons. The molecule has 1 aromatic carbocycles. The number of hydrogen-bond donors (Lipinski definition) is 0. The van der Waals surface area contributed by atoms with Crippen LogP contribution in [0.2, 0.25) is 0 Å². The second-order valence-corrected chi connectivity index (χ2v) is 10.6. The van der Waals surface area contributed by atoms with E-state index >= 15 is 0 Å². The van der Waals surface area contributed by atoms with E-state index in [0.717, 1.165) is 10.9 Å². The molecule has 0 aliphatic heterocycles. The highest BCUT2D eigenvalue weighted by atomic mass is 80.0. The Morgan fingerprint density at radius 1 is 1.32 bits per heavy atom. The molecule has 1 heterocycles. The third kappa shape index (κ3) is 3.35. The third-order valence-corrected chi connectivity index (χ3v) is 3.61. The summed E-state index contributed by atoms with van der Waals surface area (Å²) in [5, 5.41) is 0.894. The van der Waals surface area contributed by atoms with Gasteiger partial charge >= 0.3 is 5.97 Å². The van der Waals surface area contributed by atoms with Crippen molar-refractivity contribution in [2.45, 2.75) is 9.07 Å². The maximum absolute atomic E-state index is 12.0. The van der Waals surface area contributed by atoms with E-state index in [1.54, 1.807) is 13.0 Å². The number of rotatable bonds is 2. The van der Waals surface area contributed by atoms with Crippen molar-refractivity contribution in [1.29, 1.82) is 0 Å². The second kappa shape index (κ2) is 5.89. The molecular formula is C13H10Br3NO2. The molecule has 6 heteroatoms. The van der Waals surface area contributed by atoms with Crippen LogP contribution in [0.25, 0.3) is 10.9 Å². The van der Waals surface area contributed by atoms with Gasteiger partial charge in [-0.05, 0) is 19.1 Å². The summed E-state index contributed by atoms with van der Waals surface area (Å²) < 4.78 is 4.31. The van der Waals surface area contributed by atoms with Gasteiger partial charge in [0.1, 0.15) is 0 Å². The standard InChI is InChI=1S/C13H10Br3NO2/c1-2-19-12(18)9-7-8-5-3-4-6-10(8)17-11(9)13(14,15)16/h3-7H,2H2,1H3. The molecule has 0 atom stereocenters. The van der Waals surface area contributed by atoms with Crippen LogP contribution in [-0.4, -0.2) is 17.6 Å². The Bertz CT molecular complexity index is 623. The number of alkyl halides is 3. The smallest absolute Gasteiger partial charge is 0.340 e. The zero-order valence-electron chi connectivity index (χ0n) is 9.99. The number of ether oxygens (including phenoxy) is 1. The number of fused-ring (bicyclic) bond motifs is 1. The number of carbonyl (C=O) groups excluding carboxylic acids is 1. The Balaban J connectivity index is 2.67. The van der Waals surface area contributed by atoms with E-state index in [4.69, 9.17) is 4.74 Å². The summed E-state index contributed by atoms with van der Waals surface area (Å²) in [7, 11) is 0. The van der Waals surface area contributed by atoms with Crippen LogP contribution in [0.15, 0.2) is 30.3 Å². The van der Waals surface area contributed by atoms with E-state index in [9.17, 15) is 4.79 Å². The zero-order chi connectivity index (χ0) is 14.0. The molecule has 0 aliphatic carbocycles. The Kier molecular flexibility index (Phi) is 4.63. The molecule has 1 aromatic heterocycles. The highest BCUT2D eigenvalue weighted by Gasteiger charge is 2.30. The topological polar surface area (TPSA) is 39.2 Å². The lowest BCUT2D eigenvalue weighted by Crippen LogP contribution is -2.14. The summed E-state index contributed by atoms with van der Waals surface area (Å²) in [4.78, 5) is 16.5. The van der Waals surface area contributed by atoms with Crippen molar-refractivity contribution < 1.29 is 9.53 Å². The molecule has 100 valence electrons. The number of para-hydroxylation sites is 1. The van der Waals surface area contributed by atoms with E-state index in [1.807, 2.05) is 24.3 Å². The summed E-state index contributed by atoms with van der Waals surface area (Å²) in [6.45, 7) is 2.10. The van der Waals surface area contributed by atoms with Crippen LogP contribution in [0.5, 0.6) is 0 Å². The van der Waals surface area contributed by atoms with Crippen LogP contribution >= 0.6 is 47.8 Å². The molecule has 2 aromatic rings. The van der Waals surface area contributed by atoms with E-state index in [2.05, 4.69) is 52.8 Å². The fourth-order valence-corrected chi connectivity index (χ4v) is 2.60. The highest BCUT2D eigenvalue weighted by Crippen LogP contribution is 2.45. The molecule has 0 aliphatic rings. The number of nitrogens with zero attached hydrogens (tertiary/aromatic N) is 1. The Morgan fingerprint density at radius 2 is 2.00 bits per heavy atom. The van der Waals surface area contributed by atoms with E-state index < -0.39 is 8.11 Å². The lowest BCUT2D eigenvalue weighted by molar-refractivity contribution is 0.0525. The number of halogens is 3. The Hall–Kier alpha value is -0.460. The number of esters is 1. The van der Waals surface area contributed by atoms with Crippen molar-refractivity contribution in [3.63, 3.8) is 0 Å². The quantitative estimate of drug-likeness (QED) is 0.490. The maximum Gasteiger partial charge on any atom is 0.340 e. The van der Waals surface area contributed by atoms with E-state index in [-0.39, 0.29) is 0 Å². The average molecular weight is 452 g/mol.